The third kappa shape index (κ3) is 5.49. The normalized spacial score (nSPS) is 17.7. The van der Waals surface area contributed by atoms with E-state index in [9.17, 15) is 9.59 Å². The molecule has 33 heavy (non-hydrogen) atoms. The number of amides is 1. The highest BCUT2D eigenvalue weighted by Crippen LogP contribution is 2.36. The van der Waals surface area contributed by atoms with Gasteiger partial charge in [0.05, 0.1) is 19.0 Å². The molecule has 1 aliphatic heterocycles. The first-order chi connectivity index (χ1) is 15.8. The molecular formula is C25H21BrClNO5. The Morgan fingerprint density at radius 3 is 2.64 bits per heavy atom. The number of carbonyl (C=O) groups excluding carboxylic acids is 1. The van der Waals surface area contributed by atoms with E-state index < -0.39 is 18.2 Å². The number of benzene rings is 3. The zero-order valence-electron chi connectivity index (χ0n) is 17.7. The number of aliphatic carboxylic acids is 1. The molecule has 1 heterocycles. The van der Waals surface area contributed by atoms with Crippen LogP contribution in [0, 0.1) is 0 Å². The molecule has 4 rings (SSSR count). The molecule has 1 N–H and O–H groups in total. The van der Waals surface area contributed by atoms with E-state index in [0.717, 1.165) is 15.6 Å². The van der Waals surface area contributed by atoms with Crippen molar-refractivity contribution in [3.63, 3.8) is 0 Å². The Kier molecular flexibility index (Phi) is 6.91. The van der Waals surface area contributed by atoms with Gasteiger partial charge in [0.2, 0.25) is 0 Å². The standard InChI is InChI=1S/C25H21BrClNO5/c1-15-24(17-5-8-20(27)9-6-17)33-25(31)28(15)14-18-13-19(26)7-10-22(18)32-21-4-2-3-16(11-21)12-23(29)30/h2-11,13,15,24H,12,14H2,1H3,(H,29,30)/t15-,24-/m0/s1. The molecule has 3 aromatic rings. The molecule has 0 radical (unpaired) electrons. The lowest BCUT2D eigenvalue weighted by Crippen LogP contribution is -2.31. The van der Waals surface area contributed by atoms with Crippen LogP contribution in [0.15, 0.2) is 71.2 Å². The van der Waals surface area contributed by atoms with Gasteiger partial charge in [-0.3, -0.25) is 9.69 Å². The van der Waals surface area contributed by atoms with E-state index in [1.807, 2.05) is 37.3 Å². The van der Waals surface area contributed by atoms with E-state index in [2.05, 4.69) is 15.9 Å². The van der Waals surface area contributed by atoms with Gasteiger partial charge in [0.25, 0.3) is 0 Å². The van der Waals surface area contributed by atoms with Crippen LogP contribution in [-0.2, 0) is 22.5 Å². The number of cyclic esters (lactones) is 1. The second kappa shape index (κ2) is 9.85. The minimum atomic E-state index is -0.909. The van der Waals surface area contributed by atoms with E-state index >= 15 is 0 Å². The minimum Gasteiger partial charge on any atom is -0.481 e. The highest BCUT2D eigenvalue weighted by Gasteiger charge is 2.40. The van der Waals surface area contributed by atoms with E-state index in [1.165, 1.54) is 0 Å². The maximum atomic E-state index is 12.7. The zero-order valence-corrected chi connectivity index (χ0v) is 20.0. The molecule has 1 amide bonds. The number of rotatable bonds is 7. The molecule has 0 saturated carbocycles. The summed E-state index contributed by atoms with van der Waals surface area (Å²) >= 11 is 9.47. The van der Waals surface area contributed by atoms with Gasteiger partial charge in [0.1, 0.15) is 17.6 Å². The van der Waals surface area contributed by atoms with Crippen LogP contribution in [0.1, 0.15) is 29.7 Å². The summed E-state index contributed by atoms with van der Waals surface area (Å²) in [6.07, 6.45) is -0.899. The molecule has 0 aromatic heterocycles. The van der Waals surface area contributed by atoms with Gasteiger partial charge in [0.15, 0.2) is 0 Å². The monoisotopic (exact) mass is 529 g/mol. The lowest BCUT2D eigenvalue weighted by atomic mass is 10.0. The Morgan fingerprint density at radius 1 is 1.15 bits per heavy atom. The van der Waals surface area contributed by atoms with Crippen molar-refractivity contribution in [2.24, 2.45) is 0 Å². The highest BCUT2D eigenvalue weighted by atomic mass is 79.9. The Balaban J connectivity index is 1.56. The first-order valence-electron chi connectivity index (χ1n) is 10.3. The molecule has 0 unspecified atom stereocenters. The fourth-order valence-electron chi connectivity index (χ4n) is 3.79. The maximum absolute atomic E-state index is 12.7. The summed E-state index contributed by atoms with van der Waals surface area (Å²) in [4.78, 5) is 25.4. The first-order valence-corrected chi connectivity index (χ1v) is 11.5. The highest BCUT2D eigenvalue weighted by molar-refractivity contribution is 9.10. The number of carboxylic acids is 1. The molecule has 6 nitrogen and oxygen atoms in total. The summed E-state index contributed by atoms with van der Waals surface area (Å²) in [6.45, 7) is 2.23. The van der Waals surface area contributed by atoms with Crippen molar-refractivity contribution >= 4 is 39.6 Å². The third-order valence-corrected chi connectivity index (χ3v) is 6.18. The molecule has 8 heteroatoms. The second-order valence-corrected chi connectivity index (χ2v) is 9.15. The van der Waals surface area contributed by atoms with Crippen LogP contribution in [0.5, 0.6) is 11.5 Å². The van der Waals surface area contributed by atoms with Crippen molar-refractivity contribution in [2.75, 3.05) is 0 Å². The molecule has 0 aliphatic carbocycles. The molecule has 3 aromatic carbocycles. The van der Waals surface area contributed by atoms with Crippen molar-refractivity contribution in [3.8, 4) is 11.5 Å². The predicted molar refractivity (Wildman–Crippen MR) is 128 cm³/mol. The number of hydrogen-bond donors (Lipinski definition) is 1. The van der Waals surface area contributed by atoms with Gasteiger partial charge in [-0.05, 0) is 60.5 Å². The van der Waals surface area contributed by atoms with Crippen molar-refractivity contribution in [1.82, 2.24) is 4.90 Å². The molecule has 2 atom stereocenters. The number of hydrogen-bond acceptors (Lipinski definition) is 4. The average molecular weight is 531 g/mol. The molecule has 170 valence electrons. The lowest BCUT2D eigenvalue weighted by molar-refractivity contribution is -0.136. The summed E-state index contributed by atoms with van der Waals surface area (Å²) in [5, 5.41) is 9.67. The maximum Gasteiger partial charge on any atom is 0.411 e. The van der Waals surface area contributed by atoms with Crippen LogP contribution < -0.4 is 4.74 Å². The quantitative estimate of drug-likeness (QED) is 0.372. The summed E-state index contributed by atoms with van der Waals surface area (Å²) in [7, 11) is 0. The van der Waals surface area contributed by atoms with Crippen LogP contribution in [-0.4, -0.2) is 28.1 Å². The van der Waals surface area contributed by atoms with E-state index in [4.69, 9.17) is 26.2 Å². The van der Waals surface area contributed by atoms with Crippen LogP contribution in [0.2, 0.25) is 5.02 Å². The first kappa shape index (κ1) is 23.1. The van der Waals surface area contributed by atoms with Gasteiger partial charge in [-0.15, -0.1) is 0 Å². The smallest absolute Gasteiger partial charge is 0.411 e. The Morgan fingerprint density at radius 2 is 1.91 bits per heavy atom. The largest absolute Gasteiger partial charge is 0.481 e. The van der Waals surface area contributed by atoms with Gasteiger partial charge in [-0.1, -0.05) is 51.8 Å². The van der Waals surface area contributed by atoms with Gasteiger partial charge in [-0.25, -0.2) is 4.79 Å². The van der Waals surface area contributed by atoms with Gasteiger partial charge in [0, 0.05) is 15.1 Å². The van der Waals surface area contributed by atoms with Crippen LogP contribution in [0.3, 0.4) is 0 Å². The Bertz CT molecular complexity index is 1180. The Hall–Kier alpha value is -3.03. The Labute approximate surface area is 204 Å². The minimum absolute atomic E-state index is 0.0897. The fraction of sp³-hybridized carbons (Fsp3) is 0.200. The van der Waals surface area contributed by atoms with Gasteiger partial charge < -0.3 is 14.6 Å². The summed E-state index contributed by atoms with van der Waals surface area (Å²) < 4.78 is 12.6. The number of carboxylic acid groups (broad SMARTS) is 1. The van der Waals surface area contributed by atoms with Crippen molar-refractivity contribution in [2.45, 2.75) is 32.0 Å². The van der Waals surface area contributed by atoms with Crippen LogP contribution in [0.4, 0.5) is 4.79 Å². The predicted octanol–water partition coefficient (Wildman–Crippen LogP) is 6.60. The van der Waals surface area contributed by atoms with Gasteiger partial charge in [-0.2, -0.15) is 0 Å². The van der Waals surface area contributed by atoms with Crippen LogP contribution >= 0.6 is 27.5 Å². The SMILES string of the molecule is C[C@H]1[C@@H](c2ccc(Cl)cc2)OC(=O)N1Cc1cc(Br)ccc1Oc1cccc(CC(=O)O)c1. The lowest BCUT2D eigenvalue weighted by Gasteiger charge is -2.22. The van der Waals surface area contributed by atoms with E-state index in [0.29, 0.717) is 22.1 Å². The van der Waals surface area contributed by atoms with Crippen molar-refractivity contribution in [1.29, 1.82) is 0 Å². The second-order valence-electron chi connectivity index (χ2n) is 7.80. The summed E-state index contributed by atoms with van der Waals surface area (Å²) in [5.41, 5.74) is 2.30. The topological polar surface area (TPSA) is 76.1 Å². The molecule has 1 fully saturated rings. The number of carbonyl (C=O) groups is 2. The number of ether oxygens (including phenoxy) is 2. The van der Waals surface area contributed by atoms with E-state index in [1.54, 1.807) is 41.3 Å². The summed E-state index contributed by atoms with van der Waals surface area (Å²) in [5.74, 6) is 0.183. The third-order valence-electron chi connectivity index (χ3n) is 5.44. The molecule has 1 saturated heterocycles. The van der Waals surface area contributed by atoms with Crippen molar-refractivity contribution in [3.05, 3.63) is 92.9 Å². The number of nitrogens with zero attached hydrogens (tertiary/aromatic N) is 1. The molecule has 0 spiro atoms. The average Bonchev–Trinajstić information content (AvgIpc) is 3.04. The fourth-order valence-corrected chi connectivity index (χ4v) is 4.32. The van der Waals surface area contributed by atoms with Crippen LogP contribution in [0.25, 0.3) is 0 Å². The molecular weight excluding hydrogens is 510 g/mol. The zero-order chi connectivity index (χ0) is 23.5. The van der Waals surface area contributed by atoms with E-state index in [-0.39, 0.29) is 19.0 Å². The molecule has 1 aliphatic rings. The summed E-state index contributed by atoms with van der Waals surface area (Å²) in [6, 6.07) is 19.6. The molecule has 0 bridgehead atoms. The number of halogens is 2. The van der Waals surface area contributed by atoms with Crippen molar-refractivity contribution < 1.29 is 24.2 Å². The van der Waals surface area contributed by atoms with Gasteiger partial charge >= 0.3 is 12.1 Å².